The summed E-state index contributed by atoms with van der Waals surface area (Å²) < 4.78 is 0. The quantitative estimate of drug-likeness (QED) is 0.630. The van der Waals surface area contributed by atoms with Crippen LogP contribution < -0.4 is 4.90 Å². The van der Waals surface area contributed by atoms with Crippen molar-refractivity contribution in [3.05, 3.63) is 41.4 Å². The maximum absolute atomic E-state index is 13.0. The smallest absolute Gasteiger partial charge is 0.237 e. The number of benzene rings is 1. The van der Waals surface area contributed by atoms with Crippen molar-refractivity contribution in [2.45, 2.75) is 19.8 Å². The van der Waals surface area contributed by atoms with Crippen molar-refractivity contribution in [3.63, 3.8) is 0 Å². The molecular formula is C18H18ClNO2. The Kier molecular flexibility index (Phi) is 2.99. The average molecular weight is 316 g/mol. The van der Waals surface area contributed by atoms with E-state index in [2.05, 4.69) is 19.1 Å². The Balaban J connectivity index is 1.66. The van der Waals surface area contributed by atoms with E-state index in [9.17, 15) is 9.59 Å². The Hall–Kier alpha value is -1.61. The van der Waals surface area contributed by atoms with Gasteiger partial charge in [0, 0.05) is 10.9 Å². The van der Waals surface area contributed by atoms with Gasteiger partial charge in [-0.3, -0.25) is 14.5 Å². The van der Waals surface area contributed by atoms with E-state index in [1.165, 1.54) is 17.7 Å². The van der Waals surface area contributed by atoms with Crippen LogP contribution in [0.5, 0.6) is 0 Å². The van der Waals surface area contributed by atoms with E-state index in [1.54, 1.807) is 24.3 Å². The third-order valence-electron chi connectivity index (χ3n) is 5.92. The van der Waals surface area contributed by atoms with Gasteiger partial charge in [-0.15, -0.1) is 0 Å². The first-order chi connectivity index (χ1) is 10.6. The Bertz CT molecular complexity index is 679. The van der Waals surface area contributed by atoms with Gasteiger partial charge in [0.2, 0.25) is 12.3 Å². The molecule has 0 saturated heterocycles. The van der Waals surface area contributed by atoms with Crippen LogP contribution in [0.4, 0.5) is 5.69 Å². The second kappa shape index (κ2) is 4.69. The van der Waals surface area contributed by atoms with Crippen molar-refractivity contribution in [2.75, 3.05) is 4.90 Å². The highest BCUT2D eigenvalue weighted by Crippen LogP contribution is 2.72. The van der Waals surface area contributed by atoms with Gasteiger partial charge in [-0.2, -0.15) is 0 Å². The molecule has 4 rings (SSSR count). The summed E-state index contributed by atoms with van der Waals surface area (Å²) in [4.78, 5) is 25.8. The molecule has 0 aliphatic heterocycles. The number of carbonyl (C=O) groups is 2. The van der Waals surface area contributed by atoms with Crippen LogP contribution in [0.25, 0.3) is 0 Å². The third kappa shape index (κ3) is 1.75. The lowest BCUT2D eigenvalue weighted by Crippen LogP contribution is -2.39. The van der Waals surface area contributed by atoms with E-state index in [0.717, 1.165) is 0 Å². The van der Waals surface area contributed by atoms with Crippen molar-refractivity contribution in [3.8, 4) is 0 Å². The molecule has 0 N–H and O–H groups in total. The summed E-state index contributed by atoms with van der Waals surface area (Å²) >= 11 is 5.99. The molecular weight excluding hydrogens is 298 g/mol. The molecule has 22 heavy (non-hydrogen) atoms. The Morgan fingerprint density at radius 3 is 2.64 bits per heavy atom. The van der Waals surface area contributed by atoms with Gasteiger partial charge in [0.05, 0.1) is 5.69 Å². The maximum atomic E-state index is 13.0. The first kappa shape index (κ1) is 14.0. The van der Waals surface area contributed by atoms with Crippen LogP contribution in [0, 0.1) is 29.1 Å². The molecule has 3 aliphatic rings. The Morgan fingerprint density at radius 2 is 2.05 bits per heavy atom. The molecule has 0 unspecified atom stereocenters. The van der Waals surface area contributed by atoms with E-state index >= 15 is 0 Å². The monoisotopic (exact) mass is 315 g/mol. The van der Waals surface area contributed by atoms with Gasteiger partial charge in [-0.05, 0) is 54.2 Å². The topological polar surface area (TPSA) is 37.4 Å². The summed E-state index contributed by atoms with van der Waals surface area (Å²) in [7, 11) is 0. The zero-order chi connectivity index (χ0) is 15.5. The van der Waals surface area contributed by atoms with Crippen molar-refractivity contribution < 1.29 is 9.59 Å². The molecule has 0 aromatic heterocycles. The van der Waals surface area contributed by atoms with Gasteiger partial charge in [0.25, 0.3) is 0 Å². The number of hydrogen-bond donors (Lipinski definition) is 0. The summed E-state index contributed by atoms with van der Waals surface area (Å²) in [5.74, 6) is 0.905. The summed E-state index contributed by atoms with van der Waals surface area (Å²) in [6, 6.07) is 6.90. The minimum absolute atomic E-state index is 0.0899. The van der Waals surface area contributed by atoms with Crippen LogP contribution in [0.2, 0.25) is 5.02 Å². The highest BCUT2D eigenvalue weighted by atomic mass is 35.5. The molecule has 2 saturated carbocycles. The molecule has 2 amide bonds. The lowest BCUT2D eigenvalue weighted by atomic mass is 9.83. The number of halogens is 1. The van der Waals surface area contributed by atoms with Crippen LogP contribution >= 0.6 is 11.6 Å². The van der Waals surface area contributed by atoms with Gasteiger partial charge in [0.15, 0.2) is 0 Å². The number of amides is 2. The molecule has 3 aliphatic carbocycles. The van der Waals surface area contributed by atoms with Gasteiger partial charge < -0.3 is 0 Å². The Morgan fingerprint density at radius 1 is 1.32 bits per heavy atom. The molecule has 1 aromatic carbocycles. The molecule has 114 valence electrons. The minimum Gasteiger partial charge on any atom is -0.278 e. The van der Waals surface area contributed by atoms with E-state index in [0.29, 0.717) is 40.3 Å². The largest absolute Gasteiger partial charge is 0.278 e. The standard InChI is InChI=1S/C18H18ClNO2/c1-11-14-5-6-15(18(14)7-8-18)16(11)17(22)20(10-21)13-4-2-3-12(19)9-13/h2-6,9-11,14-16H,7-8H2,1H3/t11-,14+,15+,16+/m0/s1. The number of anilines is 1. The number of allylic oxidation sites excluding steroid dienone is 2. The highest BCUT2D eigenvalue weighted by molar-refractivity contribution is 6.31. The summed E-state index contributed by atoms with van der Waals surface area (Å²) in [6.45, 7) is 2.15. The maximum Gasteiger partial charge on any atom is 0.237 e. The molecule has 4 heteroatoms. The molecule has 3 nitrogen and oxygen atoms in total. The minimum atomic E-state index is -0.0957. The first-order valence-electron chi connectivity index (χ1n) is 7.81. The number of nitrogens with zero attached hydrogens (tertiary/aromatic N) is 1. The van der Waals surface area contributed by atoms with E-state index < -0.39 is 0 Å². The van der Waals surface area contributed by atoms with Crippen molar-refractivity contribution in [2.24, 2.45) is 29.1 Å². The number of rotatable bonds is 3. The predicted molar refractivity (Wildman–Crippen MR) is 85.4 cm³/mol. The number of carbonyl (C=O) groups excluding carboxylic acids is 2. The van der Waals surface area contributed by atoms with E-state index in [1.807, 2.05) is 0 Å². The zero-order valence-corrected chi connectivity index (χ0v) is 13.2. The third-order valence-corrected chi connectivity index (χ3v) is 6.15. The number of hydrogen-bond acceptors (Lipinski definition) is 2. The summed E-state index contributed by atoms with van der Waals surface area (Å²) in [5, 5.41) is 0.525. The van der Waals surface area contributed by atoms with Crippen LogP contribution in [0.1, 0.15) is 19.8 Å². The van der Waals surface area contributed by atoms with E-state index in [-0.39, 0.29) is 11.8 Å². The van der Waals surface area contributed by atoms with Crippen molar-refractivity contribution in [1.82, 2.24) is 0 Å². The fourth-order valence-electron chi connectivity index (χ4n) is 4.79. The fourth-order valence-corrected chi connectivity index (χ4v) is 4.97. The molecule has 2 bridgehead atoms. The van der Waals surface area contributed by atoms with E-state index in [4.69, 9.17) is 11.6 Å². The molecule has 2 fully saturated rings. The zero-order valence-electron chi connectivity index (χ0n) is 12.4. The molecule has 1 aromatic rings. The van der Waals surface area contributed by atoms with Gasteiger partial charge >= 0.3 is 0 Å². The molecule has 0 heterocycles. The van der Waals surface area contributed by atoms with Crippen molar-refractivity contribution >= 4 is 29.6 Å². The van der Waals surface area contributed by atoms with Gasteiger partial charge in [-0.1, -0.05) is 36.7 Å². The second-order valence-electron chi connectivity index (χ2n) is 6.85. The molecule has 1 spiro atoms. The average Bonchev–Trinajstić information content (AvgIpc) is 3.15. The van der Waals surface area contributed by atoms with Crippen LogP contribution in [0.3, 0.4) is 0 Å². The first-order valence-corrected chi connectivity index (χ1v) is 8.18. The lowest BCUT2D eigenvalue weighted by Gasteiger charge is -2.27. The Labute approximate surface area is 134 Å². The number of imide groups is 1. The normalized spacial score (nSPS) is 33.2. The SMILES string of the molecule is C[C@@H]1[C@@H](C(=O)N(C=O)c2cccc(Cl)c2)[C@H]2C=C[C@H]1C21CC1. The van der Waals surface area contributed by atoms with Gasteiger partial charge in [-0.25, -0.2) is 0 Å². The summed E-state index contributed by atoms with van der Waals surface area (Å²) in [5.41, 5.74) is 0.874. The fraction of sp³-hybridized carbons (Fsp3) is 0.444. The molecule has 4 atom stereocenters. The van der Waals surface area contributed by atoms with Crippen LogP contribution in [-0.2, 0) is 9.59 Å². The van der Waals surface area contributed by atoms with Crippen LogP contribution in [0.15, 0.2) is 36.4 Å². The second-order valence-corrected chi connectivity index (χ2v) is 7.28. The van der Waals surface area contributed by atoms with Gasteiger partial charge in [0.1, 0.15) is 0 Å². The summed E-state index contributed by atoms with van der Waals surface area (Å²) in [6.07, 6.45) is 7.54. The van der Waals surface area contributed by atoms with Crippen LogP contribution in [-0.4, -0.2) is 12.3 Å². The predicted octanol–water partition coefficient (Wildman–Crippen LogP) is 3.68. The lowest BCUT2D eigenvalue weighted by molar-refractivity contribution is -0.126. The van der Waals surface area contributed by atoms with Crippen molar-refractivity contribution in [1.29, 1.82) is 0 Å². The molecule has 0 radical (unpaired) electrons. The highest BCUT2D eigenvalue weighted by Gasteiger charge is 2.67.